The van der Waals surface area contributed by atoms with Crippen molar-refractivity contribution in [2.24, 2.45) is 17.6 Å². The second-order valence-electron chi connectivity index (χ2n) is 5.16. The molecule has 1 fully saturated rings. The summed E-state index contributed by atoms with van der Waals surface area (Å²) in [6, 6.07) is 0. The van der Waals surface area contributed by atoms with Gasteiger partial charge in [-0.05, 0) is 52.0 Å². The number of hydrogen-bond acceptors (Lipinski definition) is 3. The van der Waals surface area contributed by atoms with Gasteiger partial charge in [0.2, 0.25) is 5.91 Å². The first kappa shape index (κ1) is 14.5. The van der Waals surface area contributed by atoms with Crippen LogP contribution in [0.15, 0.2) is 0 Å². The van der Waals surface area contributed by atoms with E-state index in [1.807, 2.05) is 13.8 Å². The van der Waals surface area contributed by atoms with Crippen molar-refractivity contribution >= 4 is 5.91 Å². The molecule has 0 aromatic rings. The smallest absolute Gasteiger partial charge is 0.223 e. The van der Waals surface area contributed by atoms with Gasteiger partial charge >= 0.3 is 0 Å². The second kappa shape index (κ2) is 7.67. The predicted molar refractivity (Wildman–Crippen MR) is 68.6 cm³/mol. The minimum atomic E-state index is 0.188. The number of carbonyl (C=O) groups excluding carboxylic acids is 1. The van der Waals surface area contributed by atoms with Gasteiger partial charge in [-0.25, -0.2) is 0 Å². The van der Waals surface area contributed by atoms with Gasteiger partial charge in [-0.3, -0.25) is 4.79 Å². The van der Waals surface area contributed by atoms with Crippen LogP contribution in [0.2, 0.25) is 0 Å². The van der Waals surface area contributed by atoms with Crippen LogP contribution in [0.1, 0.15) is 39.5 Å². The Morgan fingerprint density at radius 3 is 2.53 bits per heavy atom. The van der Waals surface area contributed by atoms with Crippen molar-refractivity contribution in [3.63, 3.8) is 0 Å². The molecule has 0 aliphatic heterocycles. The molecule has 1 amide bonds. The van der Waals surface area contributed by atoms with Gasteiger partial charge in [-0.1, -0.05) is 0 Å². The highest BCUT2D eigenvalue weighted by atomic mass is 16.5. The van der Waals surface area contributed by atoms with Crippen LogP contribution >= 0.6 is 0 Å². The molecule has 4 heteroatoms. The maximum absolute atomic E-state index is 11.8. The number of hydrogen-bond donors (Lipinski definition) is 2. The molecule has 100 valence electrons. The molecule has 0 radical (unpaired) electrons. The standard InChI is InChI=1S/C13H26N2O2/c1-10(2)17-8-7-15-13(16)12-5-3-11(9-14)4-6-12/h10-12H,3-9,14H2,1-2H3,(H,15,16). The Labute approximate surface area is 104 Å². The van der Waals surface area contributed by atoms with Crippen LogP contribution in [0.4, 0.5) is 0 Å². The number of nitrogens with two attached hydrogens (primary N) is 1. The maximum atomic E-state index is 11.8. The van der Waals surface area contributed by atoms with Crippen molar-refractivity contribution in [1.29, 1.82) is 0 Å². The van der Waals surface area contributed by atoms with Gasteiger partial charge in [-0.15, -0.1) is 0 Å². The van der Waals surface area contributed by atoms with Crippen LogP contribution in [0.3, 0.4) is 0 Å². The summed E-state index contributed by atoms with van der Waals surface area (Å²) >= 11 is 0. The molecule has 0 heterocycles. The molecule has 1 saturated carbocycles. The number of nitrogens with one attached hydrogen (secondary N) is 1. The zero-order valence-corrected chi connectivity index (χ0v) is 11.1. The van der Waals surface area contributed by atoms with E-state index in [1.165, 1.54) is 0 Å². The Kier molecular flexibility index (Phi) is 6.52. The van der Waals surface area contributed by atoms with E-state index in [1.54, 1.807) is 0 Å². The summed E-state index contributed by atoms with van der Waals surface area (Å²) < 4.78 is 5.38. The molecule has 0 spiro atoms. The fourth-order valence-corrected chi connectivity index (χ4v) is 2.27. The molecular formula is C13H26N2O2. The quantitative estimate of drug-likeness (QED) is 0.690. The highest BCUT2D eigenvalue weighted by molar-refractivity contribution is 5.78. The number of carbonyl (C=O) groups is 1. The maximum Gasteiger partial charge on any atom is 0.223 e. The second-order valence-corrected chi connectivity index (χ2v) is 5.16. The van der Waals surface area contributed by atoms with Crippen molar-refractivity contribution in [3.05, 3.63) is 0 Å². The van der Waals surface area contributed by atoms with Gasteiger partial charge < -0.3 is 15.8 Å². The topological polar surface area (TPSA) is 64.3 Å². The van der Waals surface area contributed by atoms with Crippen molar-refractivity contribution < 1.29 is 9.53 Å². The van der Waals surface area contributed by atoms with Crippen LogP contribution in [0.5, 0.6) is 0 Å². The zero-order valence-electron chi connectivity index (χ0n) is 11.1. The van der Waals surface area contributed by atoms with Gasteiger partial charge in [0.1, 0.15) is 0 Å². The highest BCUT2D eigenvalue weighted by Gasteiger charge is 2.25. The molecule has 3 N–H and O–H groups in total. The molecule has 0 aromatic heterocycles. The molecular weight excluding hydrogens is 216 g/mol. The van der Waals surface area contributed by atoms with E-state index in [-0.39, 0.29) is 17.9 Å². The van der Waals surface area contributed by atoms with E-state index in [2.05, 4.69) is 5.32 Å². The Hall–Kier alpha value is -0.610. The largest absolute Gasteiger partial charge is 0.377 e. The third kappa shape index (κ3) is 5.50. The summed E-state index contributed by atoms with van der Waals surface area (Å²) in [6.07, 6.45) is 4.39. The summed E-state index contributed by atoms with van der Waals surface area (Å²) in [4.78, 5) is 11.8. The monoisotopic (exact) mass is 242 g/mol. The van der Waals surface area contributed by atoms with Crippen LogP contribution in [0.25, 0.3) is 0 Å². The Bertz CT molecular complexity index is 223. The lowest BCUT2D eigenvalue weighted by Crippen LogP contribution is -2.36. The fraction of sp³-hybridized carbons (Fsp3) is 0.923. The predicted octanol–water partition coefficient (Wildman–Crippen LogP) is 1.29. The van der Waals surface area contributed by atoms with Gasteiger partial charge in [0.25, 0.3) is 0 Å². The van der Waals surface area contributed by atoms with Gasteiger partial charge in [-0.2, -0.15) is 0 Å². The lowest BCUT2D eigenvalue weighted by Gasteiger charge is -2.26. The molecule has 0 bridgehead atoms. The van der Waals surface area contributed by atoms with Crippen molar-refractivity contribution in [3.8, 4) is 0 Å². The van der Waals surface area contributed by atoms with E-state index in [9.17, 15) is 4.79 Å². The zero-order chi connectivity index (χ0) is 12.7. The summed E-state index contributed by atoms with van der Waals surface area (Å²) in [6.45, 7) is 5.97. The molecule has 0 aromatic carbocycles. The number of rotatable bonds is 6. The van der Waals surface area contributed by atoms with E-state index in [4.69, 9.17) is 10.5 Å². The lowest BCUT2D eigenvalue weighted by molar-refractivity contribution is -0.126. The molecule has 0 atom stereocenters. The Balaban J connectivity index is 2.12. The molecule has 4 nitrogen and oxygen atoms in total. The van der Waals surface area contributed by atoms with Crippen molar-refractivity contribution in [1.82, 2.24) is 5.32 Å². The van der Waals surface area contributed by atoms with E-state index < -0.39 is 0 Å². The van der Waals surface area contributed by atoms with Crippen molar-refractivity contribution in [2.45, 2.75) is 45.6 Å². The number of ether oxygens (including phenoxy) is 1. The molecule has 1 aliphatic rings. The molecule has 0 unspecified atom stereocenters. The van der Waals surface area contributed by atoms with Crippen LogP contribution in [-0.4, -0.2) is 31.7 Å². The first-order chi connectivity index (χ1) is 8.13. The summed E-state index contributed by atoms with van der Waals surface area (Å²) in [7, 11) is 0. The Morgan fingerprint density at radius 2 is 2.00 bits per heavy atom. The lowest BCUT2D eigenvalue weighted by atomic mass is 9.81. The van der Waals surface area contributed by atoms with Gasteiger partial charge in [0, 0.05) is 12.5 Å². The van der Waals surface area contributed by atoms with E-state index in [0.717, 1.165) is 32.2 Å². The van der Waals surface area contributed by atoms with Gasteiger partial charge in [0.15, 0.2) is 0 Å². The Morgan fingerprint density at radius 1 is 1.35 bits per heavy atom. The molecule has 17 heavy (non-hydrogen) atoms. The van der Waals surface area contributed by atoms with Crippen LogP contribution in [-0.2, 0) is 9.53 Å². The van der Waals surface area contributed by atoms with E-state index in [0.29, 0.717) is 19.1 Å². The normalized spacial score (nSPS) is 24.9. The van der Waals surface area contributed by atoms with Crippen molar-refractivity contribution in [2.75, 3.05) is 19.7 Å². The molecule has 1 aliphatic carbocycles. The minimum Gasteiger partial charge on any atom is -0.377 e. The fourth-order valence-electron chi connectivity index (χ4n) is 2.27. The first-order valence-electron chi connectivity index (χ1n) is 6.72. The summed E-state index contributed by atoms with van der Waals surface area (Å²) in [5.74, 6) is 1.01. The molecule has 0 saturated heterocycles. The van der Waals surface area contributed by atoms with E-state index >= 15 is 0 Å². The SMILES string of the molecule is CC(C)OCCNC(=O)C1CCC(CN)CC1. The average Bonchev–Trinajstić information content (AvgIpc) is 2.34. The minimum absolute atomic E-state index is 0.188. The van der Waals surface area contributed by atoms with Crippen LogP contribution in [0, 0.1) is 11.8 Å². The highest BCUT2D eigenvalue weighted by Crippen LogP contribution is 2.27. The molecule has 1 rings (SSSR count). The average molecular weight is 242 g/mol. The first-order valence-corrected chi connectivity index (χ1v) is 6.72. The van der Waals surface area contributed by atoms with Gasteiger partial charge in [0.05, 0.1) is 12.7 Å². The summed E-state index contributed by atoms with van der Waals surface area (Å²) in [5.41, 5.74) is 5.63. The van der Waals surface area contributed by atoms with Crippen LogP contribution < -0.4 is 11.1 Å². The summed E-state index contributed by atoms with van der Waals surface area (Å²) in [5, 5.41) is 2.95. The number of amides is 1. The third-order valence-corrected chi connectivity index (χ3v) is 3.40. The third-order valence-electron chi connectivity index (χ3n) is 3.40.